The largest absolute Gasteiger partial charge is 0.455 e. The van der Waals surface area contributed by atoms with Gasteiger partial charge in [-0.15, -0.1) is 0 Å². The number of hydrogen-bond acceptors (Lipinski definition) is 8. The van der Waals surface area contributed by atoms with E-state index in [0.29, 0.717) is 16.8 Å². The first kappa shape index (κ1) is 30.6. The first-order valence-electron chi connectivity index (χ1n) is 12.8. The number of benzene rings is 2. The van der Waals surface area contributed by atoms with Crippen molar-refractivity contribution in [3.63, 3.8) is 0 Å². The minimum absolute atomic E-state index is 0.0178. The van der Waals surface area contributed by atoms with Gasteiger partial charge in [0, 0.05) is 41.7 Å². The molecule has 0 bridgehead atoms. The molecular weight excluding hydrogens is 573 g/mol. The van der Waals surface area contributed by atoms with Crippen LogP contribution < -0.4 is 16.1 Å². The van der Waals surface area contributed by atoms with Crippen molar-refractivity contribution in [2.75, 3.05) is 17.7 Å². The number of hydrogen-bond donors (Lipinski definition) is 3. The van der Waals surface area contributed by atoms with Gasteiger partial charge in [-0.1, -0.05) is 23.7 Å². The maximum atomic E-state index is 13.9. The quantitative estimate of drug-likeness (QED) is 0.113. The minimum Gasteiger partial charge on any atom is -0.455 e. The molecule has 12 heteroatoms. The molecule has 0 amide bonds. The van der Waals surface area contributed by atoms with E-state index in [4.69, 9.17) is 26.2 Å². The van der Waals surface area contributed by atoms with E-state index in [-0.39, 0.29) is 38.8 Å². The van der Waals surface area contributed by atoms with Gasteiger partial charge in [0.05, 0.1) is 22.7 Å². The highest BCUT2D eigenvalue weighted by Gasteiger charge is 2.33. The summed E-state index contributed by atoms with van der Waals surface area (Å²) in [5.74, 6) is -0.660. The monoisotopic (exact) mass is 600 g/mol. The lowest BCUT2D eigenvalue weighted by molar-refractivity contribution is -0.137. The fourth-order valence-electron chi connectivity index (χ4n) is 4.31. The highest BCUT2D eigenvalue weighted by molar-refractivity contribution is 6.29. The van der Waals surface area contributed by atoms with E-state index >= 15 is 0 Å². The molecule has 220 valence electrons. The zero-order valence-corrected chi connectivity index (χ0v) is 24.1. The number of nitrogens with one attached hydrogen (secondary N) is 3. The zero-order valence-electron chi connectivity index (χ0n) is 23.4. The van der Waals surface area contributed by atoms with Crippen LogP contribution in [0.5, 0.6) is 0 Å². The van der Waals surface area contributed by atoms with Crippen LogP contribution in [0.4, 0.5) is 24.5 Å². The van der Waals surface area contributed by atoms with E-state index in [1.807, 2.05) is 0 Å². The zero-order chi connectivity index (χ0) is 31.0. The Morgan fingerprint density at radius 1 is 1.10 bits per heavy atom. The summed E-state index contributed by atoms with van der Waals surface area (Å²) in [5.41, 5.74) is -0.923. The van der Waals surface area contributed by atoms with Crippen molar-refractivity contribution in [2.24, 2.45) is 0 Å². The Hall–Kier alpha value is -4.38. The Morgan fingerprint density at radius 2 is 1.81 bits per heavy atom. The molecule has 42 heavy (non-hydrogen) atoms. The summed E-state index contributed by atoms with van der Waals surface area (Å²) in [6.07, 6.45) is -3.59. The number of esters is 1. The number of carbonyl (C=O) groups excluding carboxylic acids is 1. The first-order valence-corrected chi connectivity index (χ1v) is 13.2. The number of fused-ring (bicyclic) bond motifs is 1. The molecule has 0 fully saturated rings. The average Bonchev–Trinajstić information content (AvgIpc) is 2.91. The van der Waals surface area contributed by atoms with Gasteiger partial charge in [-0.3, -0.25) is 4.79 Å². The molecule has 0 saturated carbocycles. The van der Waals surface area contributed by atoms with Gasteiger partial charge in [-0.2, -0.15) is 13.2 Å². The molecule has 2 aromatic heterocycles. The van der Waals surface area contributed by atoms with Gasteiger partial charge in [0.2, 0.25) is 0 Å². The number of nitrogens with zero attached hydrogens (tertiary/aromatic N) is 1. The van der Waals surface area contributed by atoms with E-state index < -0.39 is 34.8 Å². The lowest BCUT2D eigenvalue weighted by Gasteiger charge is -2.22. The van der Waals surface area contributed by atoms with Gasteiger partial charge in [0.15, 0.2) is 11.1 Å². The van der Waals surface area contributed by atoms with Crippen molar-refractivity contribution in [3.8, 4) is 11.3 Å². The van der Waals surface area contributed by atoms with Crippen LogP contribution in [0.2, 0.25) is 5.15 Å². The molecule has 4 aromatic rings. The van der Waals surface area contributed by atoms with Crippen LogP contribution in [0.15, 0.2) is 57.7 Å². The SMILES string of the molecule is CNc1cc(-c2cc(=O)c3cc(C(F)(F)F)cc(C(C)Nc4ccc(Cl)nc4C(=O)OC(C)(C)C)c3o2)ccc1C=N. The molecule has 0 aliphatic carbocycles. The van der Waals surface area contributed by atoms with E-state index in [1.165, 1.54) is 12.1 Å². The molecule has 0 aliphatic heterocycles. The summed E-state index contributed by atoms with van der Waals surface area (Å²) in [6.45, 7) is 6.60. The summed E-state index contributed by atoms with van der Waals surface area (Å²) in [6, 6.07) is 9.73. The van der Waals surface area contributed by atoms with Crippen LogP contribution in [0.1, 0.15) is 60.9 Å². The average molecular weight is 601 g/mol. The third-order valence-corrected chi connectivity index (χ3v) is 6.45. The van der Waals surface area contributed by atoms with Crippen LogP contribution in [0.3, 0.4) is 0 Å². The number of pyridine rings is 1. The van der Waals surface area contributed by atoms with Crippen molar-refractivity contribution in [1.82, 2.24) is 4.98 Å². The molecule has 2 aromatic carbocycles. The molecule has 1 unspecified atom stereocenters. The van der Waals surface area contributed by atoms with Crippen LogP contribution in [0, 0.1) is 5.41 Å². The number of ether oxygens (including phenoxy) is 1. The van der Waals surface area contributed by atoms with Crippen molar-refractivity contribution in [2.45, 2.75) is 45.5 Å². The molecule has 0 radical (unpaired) electrons. The second kappa shape index (κ2) is 11.5. The predicted molar refractivity (Wildman–Crippen MR) is 157 cm³/mol. The van der Waals surface area contributed by atoms with Gasteiger partial charge in [0.25, 0.3) is 0 Å². The molecule has 3 N–H and O–H groups in total. The number of rotatable bonds is 7. The Morgan fingerprint density at radius 3 is 2.43 bits per heavy atom. The third kappa shape index (κ3) is 6.57. The van der Waals surface area contributed by atoms with Gasteiger partial charge in [-0.05, 0) is 58.0 Å². The van der Waals surface area contributed by atoms with Crippen LogP contribution in [-0.4, -0.2) is 29.8 Å². The summed E-state index contributed by atoms with van der Waals surface area (Å²) in [4.78, 5) is 30.1. The molecule has 0 spiro atoms. The smallest absolute Gasteiger partial charge is 0.416 e. The topological polar surface area (TPSA) is 117 Å². The fourth-order valence-corrected chi connectivity index (χ4v) is 4.46. The highest BCUT2D eigenvalue weighted by atomic mass is 35.5. The Bertz CT molecular complexity index is 1750. The van der Waals surface area contributed by atoms with E-state index in [1.54, 1.807) is 52.9 Å². The normalized spacial score (nSPS) is 12.6. The number of halogens is 4. The maximum Gasteiger partial charge on any atom is 0.416 e. The highest BCUT2D eigenvalue weighted by Crippen LogP contribution is 2.37. The van der Waals surface area contributed by atoms with E-state index in [2.05, 4.69) is 15.6 Å². The molecular formula is C30H28ClF3N4O4. The summed E-state index contributed by atoms with van der Waals surface area (Å²) < 4.78 is 53.3. The van der Waals surface area contributed by atoms with Crippen molar-refractivity contribution in [3.05, 3.63) is 86.3 Å². The van der Waals surface area contributed by atoms with Crippen molar-refractivity contribution >= 4 is 46.1 Å². The van der Waals surface area contributed by atoms with E-state index in [0.717, 1.165) is 24.4 Å². The summed E-state index contributed by atoms with van der Waals surface area (Å²) >= 11 is 6.03. The van der Waals surface area contributed by atoms with Gasteiger partial charge >= 0.3 is 12.1 Å². The minimum atomic E-state index is -4.75. The predicted octanol–water partition coefficient (Wildman–Crippen LogP) is 7.69. The molecule has 0 saturated heterocycles. The number of carbonyl (C=O) groups is 1. The Kier molecular flexibility index (Phi) is 8.36. The summed E-state index contributed by atoms with van der Waals surface area (Å²) in [5, 5.41) is 13.3. The summed E-state index contributed by atoms with van der Waals surface area (Å²) in [7, 11) is 1.67. The fraction of sp³-hybridized carbons (Fsp3) is 0.267. The van der Waals surface area contributed by atoms with Crippen molar-refractivity contribution in [1.29, 1.82) is 5.41 Å². The lowest BCUT2D eigenvalue weighted by Crippen LogP contribution is -2.25. The van der Waals surface area contributed by atoms with Gasteiger partial charge in [-0.25, -0.2) is 9.78 Å². The standard InChI is InChI=1S/C30H28ClF3N4O4/c1-15(37-21-8-9-25(31)38-26(21)28(40)42-29(2,3)4)19-11-18(30(32,33)34)12-20-23(39)13-24(41-27(19)20)16-6-7-17(14-35)22(10-16)36-5/h6-15,35-37H,1-5H3. The number of anilines is 2. The molecule has 2 heterocycles. The van der Waals surface area contributed by atoms with Crippen molar-refractivity contribution < 1.29 is 27.1 Å². The van der Waals surface area contributed by atoms with Gasteiger partial charge < -0.3 is 25.2 Å². The van der Waals surface area contributed by atoms with Crippen LogP contribution in [0.25, 0.3) is 22.3 Å². The third-order valence-electron chi connectivity index (χ3n) is 6.24. The second-order valence-electron chi connectivity index (χ2n) is 10.5. The molecule has 4 rings (SSSR count). The molecule has 1 atom stereocenters. The maximum absolute atomic E-state index is 13.9. The Balaban J connectivity index is 1.88. The van der Waals surface area contributed by atoms with Crippen LogP contribution in [-0.2, 0) is 10.9 Å². The van der Waals surface area contributed by atoms with Crippen LogP contribution >= 0.6 is 11.6 Å². The second-order valence-corrected chi connectivity index (χ2v) is 10.9. The number of alkyl halides is 3. The van der Waals surface area contributed by atoms with Gasteiger partial charge in [0.1, 0.15) is 22.1 Å². The molecule has 8 nitrogen and oxygen atoms in total. The van der Waals surface area contributed by atoms with E-state index in [9.17, 15) is 22.8 Å². The number of aromatic nitrogens is 1. The Labute approximate surface area is 244 Å². The lowest BCUT2D eigenvalue weighted by atomic mass is 9.99. The molecule has 0 aliphatic rings. The first-order chi connectivity index (χ1) is 19.6.